The van der Waals surface area contributed by atoms with Gasteiger partial charge in [0.1, 0.15) is 5.75 Å². The lowest BCUT2D eigenvalue weighted by molar-refractivity contribution is -0.118. The molecule has 1 amide bonds. The van der Waals surface area contributed by atoms with Gasteiger partial charge in [-0.15, -0.1) is 0 Å². The van der Waals surface area contributed by atoms with Crippen LogP contribution in [0, 0.1) is 5.95 Å². The monoisotopic (exact) mass is 324 g/mol. The van der Waals surface area contributed by atoms with Crippen molar-refractivity contribution in [1.82, 2.24) is 4.98 Å². The Kier molecular flexibility index (Phi) is 4.46. The number of anilines is 1. The van der Waals surface area contributed by atoms with Gasteiger partial charge in [-0.2, -0.15) is 4.39 Å². The molecule has 0 unspecified atom stereocenters. The largest absolute Gasteiger partial charge is 0.484 e. The Morgan fingerprint density at radius 3 is 2.95 bits per heavy atom. The smallest absolute Gasteiger partial charge is 0.262 e. The highest BCUT2D eigenvalue weighted by Gasteiger charge is 2.05. The van der Waals surface area contributed by atoms with Crippen LogP contribution in [0.4, 0.5) is 10.1 Å². The van der Waals surface area contributed by atoms with Gasteiger partial charge in [-0.3, -0.25) is 4.79 Å². The second kappa shape index (κ2) is 6.29. The number of carbonyl (C=O) groups is 1. The highest BCUT2D eigenvalue weighted by Crippen LogP contribution is 2.17. The first-order valence-electron chi connectivity index (χ1n) is 5.43. The van der Waals surface area contributed by atoms with E-state index in [9.17, 15) is 9.18 Å². The van der Waals surface area contributed by atoms with Crippen LogP contribution in [-0.4, -0.2) is 17.5 Å². The maximum atomic E-state index is 12.8. The van der Waals surface area contributed by atoms with Crippen LogP contribution >= 0.6 is 15.9 Å². The van der Waals surface area contributed by atoms with E-state index in [-0.39, 0.29) is 12.5 Å². The number of halogens is 2. The fourth-order valence-corrected chi connectivity index (χ4v) is 1.76. The first-order valence-corrected chi connectivity index (χ1v) is 6.22. The van der Waals surface area contributed by atoms with Crippen LogP contribution in [-0.2, 0) is 4.79 Å². The summed E-state index contributed by atoms with van der Waals surface area (Å²) in [5, 5.41) is 2.51. The maximum absolute atomic E-state index is 12.8. The molecule has 0 radical (unpaired) electrons. The molecule has 0 aliphatic heterocycles. The zero-order valence-electron chi connectivity index (χ0n) is 9.77. The first kappa shape index (κ1) is 13.5. The Morgan fingerprint density at radius 1 is 1.37 bits per heavy atom. The van der Waals surface area contributed by atoms with Crippen molar-refractivity contribution in [3.8, 4) is 5.75 Å². The summed E-state index contributed by atoms with van der Waals surface area (Å²) < 4.78 is 19.0. The predicted molar refractivity (Wildman–Crippen MR) is 72.5 cm³/mol. The number of hydrogen-bond acceptors (Lipinski definition) is 3. The number of rotatable bonds is 4. The molecule has 98 valence electrons. The molecule has 2 rings (SSSR count). The molecule has 19 heavy (non-hydrogen) atoms. The predicted octanol–water partition coefficient (Wildman–Crippen LogP) is 3.00. The summed E-state index contributed by atoms with van der Waals surface area (Å²) in [5.41, 5.74) is 0.343. The highest BCUT2D eigenvalue weighted by molar-refractivity contribution is 9.10. The minimum Gasteiger partial charge on any atom is -0.484 e. The molecule has 0 atom stereocenters. The Balaban J connectivity index is 1.88. The Morgan fingerprint density at radius 2 is 2.21 bits per heavy atom. The van der Waals surface area contributed by atoms with Gasteiger partial charge in [0.15, 0.2) is 6.61 Å². The Bertz CT molecular complexity index is 592. The first-order chi connectivity index (χ1) is 9.13. The Hall–Kier alpha value is -1.95. The van der Waals surface area contributed by atoms with E-state index in [0.717, 1.165) is 10.5 Å². The van der Waals surface area contributed by atoms with Crippen molar-refractivity contribution in [3.05, 3.63) is 53.0 Å². The minimum absolute atomic E-state index is 0.152. The third kappa shape index (κ3) is 4.33. The van der Waals surface area contributed by atoms with Crippen LogP contribution in [0.1, 0.15) is 0 Å². The van der Waals surface area contributed by atoms with E-state index in [0.29, 0.717) is 11.4 Å². The molecule has 1 N–H and O–H groups in total. The lowest BCUT2D eigenvalue weighted by Gasteiger charge is -2.07. The summed E-state index contributed by atoms with van der Waals surface area (Å²) in [4.78, 5) is 15.0. The molecule has 2 aromatic rings. The average Bonchev–Trinajstić information content (AvgIpc) is 2.36. The third-order valence-corrected chi connectivity index (χ3v) is 2.67. The van der Waals surface area contributed by atoms with Crippen LogP contribution in [0.3, 0.4) is 0 Å². The van der Waals surface area contributed by atoms with Gasteiger partial charge in [0.25, 0.3) is 5.91 Å². The van der Waals surface area contributed by atoms with E-state index in [1.807, 2.05) is 6.07 Å². The van der Waals surface area contributed by atoms with Crippen molar-refractivity contribution in [2.75, 3.05) is 11.9 Å². The topological polar surface area (TPSA) is 51.2 Å². The van der Waals surface area contributed by atoms with Gasteiger partial charge in [-0.25, -0.2) is 4.98 Å². The summed E-state index contributed by atoms with van der Waals surface area (Å²) in [6.07, 6.45) is 1.28. The number of carbonyl (C=O) groups excluding carboxylic acids is 1. The third-order valence-electron chi connectivity index (χ3n) is 2.18. The number of nitrogens with zero attached hydrogens (tertiary/aromatic N) is 1. The van der Waals surface area contributed by atoms with Gasteiger partial charge in [0.2, 0.25) is 5.95 Å². The van der Waals surface area contributed by atoms with E-state index < -0.39 is 5.95 Å². The molecule has 1 aromatic carbocycles. The van der Waals surface area contributed by atoms with Crippen LogP contribution in [0.25, 0.3) is 0 Å². The SMILES string of the molecule is O=C(COc1cccc(Br)c1)Nc1ccnc(F)c1. The number of ether oxygens (including phenoxy) is 1. The molecule has 4 nitrogen and oxygen atoms in total. The second-order valence-corrected chi connectivity index (χ2v) is 4.58. The second-order valence-electron chi connectivity index (χ2n) is 3.66. The van der Waals surface area contributed by atoms with Crippen molar-refractivity contribution in [3.63, 3.8) is 0 Å². The molecule has 0 bridgehead atoms. The van der Waals surface area contributed by atoms with Crippen molar-refractivity contribution < 1.29 is 13.9 Å². The van der Waals surface area contributed by atoms with Crippen LogP contribution in [0.5, 0.6) is 5.75 Å². The van der Waals surface area contributed by atoms with Gasteiger partial charge >= 0.3 is 0 Å². The fraction of sp³-hybridized carbons (Fsp3) is 0.0769. The van der Waals surface area contributed by atoms with Crippen molar-refractivity contribution in [2.24, 2.45) is 0 Å². The lowest BCUT2D eigenvalue weighted by atomic mass is 10.3. The van der Waals surface area contributed by atoms with E-state index in [4.69, 9.17) is 4.74 Å². The van der Waals surface area contributed by atoms with Gasteiger partial charge in [-0.05, 0) is 24.3 Å². The zero-order chi connectivity index (χ0) is 13.7. The van der Waals surface area contributed by atoms with Crippen LogP contribution in [0.15, 0.2) is 47.1 Å². The molecule has 0 aliphatic carbocycles. The van der Waals surface area contributed by atoms with E-state index in [1.165, 1.54) is 12.3 Å². The van der Waals surface area contributed by atoms with Crippen molar-refractivity contribution in [2.45, 2.75) is 0 Å². The molecule has 0 saturated carbocycles. The number of aromatic nitrogens is 1. The molecule has 0 fully saturated rings. The quantitative estimate of drug-likeness (QED) is 0.879. The Labute approximate surface area is 117 Å². The standard InChI is InChI=1S/C13H10BrFN2O2/c14-9-2-1-3-11(6-9)19-8-13(18)17-10-4-5-16-12(15)7-10/h1-7H,8H2,(H,16,17,18). The van der Waals surface area contributed by atoms with E-state index in [1.54, 1.807) is 18.2 Å². The number of amides is 1. The van der Waals surface area contributed by atoms with Gasteiger partial charge in [0, 0.05) is 22.4 Å². The van der Waals surface area contributed by atoms with Crippen LogP contribution in [0.2, 0.25) is 0 Å². The highest BCUT2D eigenvalue weighted by atomic mass is 79.9. The number of pyridine rings is 1. The van der Waals surface area contributed by atoms with Gasteiger partial charge < -0.3 is 10.1 Å². The normalized spacial score (nSPS) is 10.0. The van der Waals surface area contributed by atoms with Crippen molar-refractivity contribution in [1.29, 1.82) is 0 Å². The summed E-state index contributed by atoms with van der Waals surface area (Å²) in [6, 6.07) is 9.78. The van der Waals surface area contributed by atoms with Crippen molar-refractivity contribution >= 4 is 27.5 Å². The molecule has 1 aromatic heterocycles. The zero-order valence-corrected chi connectivity index (χ0v) is 11.4. The molecular weight excluding hydrogens is 315 g/mol. The summed E-state index contributed by atoms with van der Waals surface area (Å²) >= 11 is 3.30. The van der Waals surface area contributed by atoms with E-state index in [2.05, 4.69) is 26.2 Å². The molecule has 6 heteroatoms. The molecule has 0 saturated heterocycles. The number of nitrogens with one attached hydrogen (secondary N) is 1. The molecule has 1 heterocycles. The number of hydrogen-bond donors (Lipinski definition) is 1. The van der Waals surface area contributed by atoms with Gasteiger partial charge in [0.05, 0.1) is 0 Å². The van der Waals surface area contributed by atoms with Crippen LogP contribution < -0.4 is 10.1 Å². The van der Waals surface area contributed by atoms with Gasteiger partial charge in [-0.1, -0.05) is 22.0 Å². The fourth-order valence-electron chi connectivity index (χ4n) is 1.38. The molecular formula is C13H10BrFN2O2. The van der Waals surface area contributed by atoms with E-state index >= 15 is 0 Å². The number of benzene rings is 1. The summed E-state index contributed by atoms with van der Waals surface area (Å²) in [6.45, 7) is -0.152. The molecule has 0 aliphatic rings. The maximum Gasteiger partial charge on any atom is 0.262 e. The summed E-state index contributed by atoms with van der Waals surface area (Å²) in [5.74, 6) is -0.443. The summed E-state index contributed by atoms with van der Waals surface area (Å²) in [7, 11) is 0. The molecule has 0 spiro atoms. The average molecular weight is 325 g/mol. The lowest BCUT2D eigenvalue weighted by Crippen LogP contribution is -2.20. The minimum atomic E-state index is -0.647.